The molecule has 70 valence electrons. The van der Waals surface area contributed by atoms with E-state index in [1.54, 1.807) is 12.4 Å². The average molecular weight is 242 g/mol. The molecule has 2 aromatic heterocycles. The Labute approximate surface area is 85.9 Å². The van der Waals surface area contributed by atoms with E-state index in [4.69, 9.17) is 0 Å². The molecule has 0 fully saturated rings. The fourth-order valence-corrected chi connectivity index (χ4v) is 1.64. The van der Waals surface area contributed by atoms with Crippen molar-refractivity contribution in [2.24, 2.45) is 7.05 Å². The number of hydrogen-bond acceptors (Lipinski definition) is 2. The lowest BCUT2D eigenvalue weighted by atomic mass is 10.5. The quantitative estimate of drug-likeness (QED) is 0.711. The normalized spacial score (nSPS) is 9.54. The maximum absolute atomic E-state index is 4.17. The lowest BCUT2D eigenvalue weighted by molar-refractivity contribution is 0.944. The topological polar surface area (TPSA) is 30.7 Å². The minimum absolute atomic E-state index is 0.902. The summed E-state index contributed by atoms with van der Waals surface area (Å²) in [6.45, 7) is 4.00. The Morgan fingerprint density at radius 3 is 2.46 bits per heavy atom. The van der Waals surface area contributed by atoms with Gasteiger partial charge >= 0.3 is 0 Å². The molecule has 13 heavy (non-hydrogen) atoms. The van der Waals surface area contributed by atoms with Crippen molar-refractivity contribution < 1.29 is 0 Å². The van der Waals surface area contributed by atoms with E-state index in [0.717, 1.165) is 15.6 Å². The largest absolute Gasteiger partial charge is 0.333 e. The monoisotopic (exact) mass is 241 g/mol. The lowest BCUT2D eigenvalue weighted by Gasteiger charge is -1.90. The van der Waals surface area contributed by atoms with Crippen LogP contribution in [-0.2, 0) is 7.05 Å². The maximum atomic E-state index is 4.17. The van der Waals surface area contributed by atoms with Crippen molar-refractivity contribution in [3.05, 3.63) is 23.1 Å². The Morgan fingerprint density at radius 2 is 1.85 bits per heavy atom. The van der Waals surface area contributed by atoms with Crippen LogP contribution in [-0.4, -0.2) is 14.5 Å². The molecule has 2 aromatic rings. The van der Waals surface area contributed by atoms with Crippen molar-refractivity contribution >= 4 is 27.1 Å². The van der Waals surface area contributed by atoms with Gasteiger partial charge in [-0.2, -0.15) is 0 Å². The lowest BCUT2D eigenvalue weighted by Crippen LogP contribution is -1.87. The highest BCUT2D eigenvalue weighted by Crippen LogP contribution is 2.20. The summed E-state index contributed by atoms with van der Waals surface area (Å²) in [5.41, 5.74) is 1.81. The van der Waals surface area contributed by atoms with Crippen LogP contribution in [0.2, 0.25) is 0 Å². The van der Waals surface area contributed by atoms with E-state index >= 15 is 0 Å². The minimum Gasteiger partial charge on any atom is -0.333 e. The van der Waals surface area contributed by atoms with Gasteiger partial charge in [0.1, 0.15) is 5.52 Å². The molecule has 2 rings (SSSR count). The van der Waals surface area contributed by atoms with E-state index in [9.17, 15) is 0 Å². The summed E-state index contributed by atoms with van der Waals surface area (Å²) in [6.07, 6.45) is 5.33. The van der Waals surface area contributed by atoms with E-state index in [0.29, 0.717) is 0 Å². The van der Waals surface area contributed by atoms with E-state index in [1.165, 1.54) is 0 Å². The molecule has 0 amide bonds. The summed E-state index contributed by atoms with van der Waals surface area (Å²) >= 11 is 3.39. The smallest absolute Gasteiger partial charge is 0.159 e. The van der Waals surface area contributed by atoms with Crippen molar-refractivity contribution in [2.75, 3.05) is 0 Å². The van der Waals surface area contributed by atoms with Crippen LogP contribution in [0.3, 0.4) is 0 Å². The molecule has 0 radical (unpaired) electrons. The molecule has 0 aliphatic heterocycles. The van der Waals surface area contributed by atoms with Crippen LogP contribution in [0.15, 0.2) is 23.1 Å². The maximum Gasteiger partial charge on any atom is 0.159 e. The van der Waals surface area contributed by atoms with Crippen LogP contribution >= 0.6 is 15.9 Å². The van der Waals surface area contributed by atoms with Gasteiger partial charge < -0.3 is 4.57 Å². The number of hydrogen-bond donors (Lipinski definition) is 0. The molecule has 0 saturated carbocycles. The van der Waals surface area contributed by atoms with E-state index in [2.05, 4.69) is 25.9 Å². The van der Waals surface area contributed by atoms with Crippen molar-refractivity contribution in [3.8, 4) is 0 Å². The minimum atomic E-state index is 0.902. The second-order valence-electron chi connectivity index (χ2n) is 2.32. The Hall–Kier alpha value is -0.900. The van der Waals surface area contributed by atoms with E-state index < -0.39 is 0 Å². The summed E-state index contributed by atoms with van der Waals surface area (Å²) < 4.78 is 2.93. The van der Waals surface area contributed by atoms with Gasteiger partial charge in [0.05, 0.1) is 4.47 Å². The standard InChI is InChI=1S/C7H6BrN3.C2H6/c1-11-4-5(8)6-7(11)10-3-2-9-6;1-2/h2-4H,1H3;1-2H3. The van der Waals surface area contributed by atoms with Gasteiger partial charge in [-0.25, -0.2) is 4.98 Å². The predicted molar refractivity (Wildman–Crippen MR) is 57.6 cm³/mol. The Balaban J connectivity index is 0.000000396. The van der Waals surface area contributed by atoms with Crippen LogP contribution in [0.25, 0.3) is 11.2 Å². The molecule has 0 bridgehead atoms. The summed E-state index contributed by atoms with van der Waals surface area (Å²) in [5.74, 6) is 0. The zero-order valence-electron chi connectivity index (χ0n) is 7.95. The molecule has 0 aromatic carbocycles. The molecule has 0 unspecified atom stereocenters. The summed E-state index contributed by atoms with van der Waals surface area (Å²) in [5, 5.41) is 0. The molecule has 0 atom stereocenters. The molecule has 4 heteroatoms. The van der Waals surface area contributed by atoms with Crippen LogP contribution in [0.5, 0.6) is 0 Å². The Kier molecular flexibility index (Phi) is 3.42. The highest BCUT2D eigenvalue weighted by Gasteiger charge is 2.03. The first-order chi connectivity index (χ1) is 6.29. The fourth-order valence-electron chi connectivity index (χ4n) is 1.05. The molecule has 0 spiro atoms. The number of aromatic nitrogens is 3. The third-order valence-electron chi connectivity index (χ3n) is 1.55. The highest BCUT2D eigenvalue weighted by atomic mass is 79.9. The van der Waals surface area contributed by atoms with Crippen LogP contribution in [0, 0.1) is 0 Å². The molecule has 0 N–H and O–H groups in total. The molecule has 0 saturated heterocycles. The number of fused-ring (bicyclic) bond motifs is 1. The van der Waals surface area contributed by atoms with E-state index in [-0.39, 0.29) is 0 Å². The van der Waals surface area contributed by atoms with Crippen LogP contribution in [0.4, 0.5) is 0 Å². The predicted octanol–water partition coefficient (Wildman–Crippen LogP) is 2.76. The van der Waals surface area contributed by atoms with Crippen molar-refractivity contribution in [3.63, 3.8) is 0 Å². The van der Waals surface area contributed by atoms with Crippen molar-refractivity contribution in [2.45, 2.75) is 13.8 Å². The summed E-state index contributed by atoms with van der Waals surface area (Å²) in [4.78, 5) is 8.34. The van der Waals surface area contributed by atoms with Gasteiger partial charge in [-0.05, 0) is 15.9 Å². The molecule has 3 nitrogen and oxygen atoms in total. The number of nitrogens with zero attached hydrogens (tertiary/aromatic N) is 3. The zero-order chi connectivity index (χ0) is 9.84. The summed E-state index contributed by atoms with van der Waals surface area (Å²) in [7, 11) is 1.95. The number of aryl methyl sites for hydroxylation is 1. The van der Waals surface area contributed by atoms with Gasteiger partial charge in [-0.15, -0.1) is 0 Å². The van der Waals surface area contributed by atoms with E-state index in [1.807, 2.05) is 31.7 Å². The molecule has 2 heterocycles. The average Bonchev–Trinajstić information content (AvgIpc) is 2.47. The first-order valence-corrected chi connectivity index (χ1v) is 5.00. The first kappa shape index (κ1) is 10.2. The van der Waals surface area contributed by atoms with Gasteiger partial charge in [0.2, 0.25) is 0 Å². The Bertz CT molecular complexity index is 359. The number of rotatable bonds is 0. The molecule has 0 aliphatic rings. The SMILES string of the molecule is CC.Cn1cc(Br)c2nccnc21. The summed E-state index contributed by atoms with van der Waals surface area (Å²) in [6, 6.07) is 0. The first-order valence-electron chi connectivity index (χ1n) is 4.20. The zero-order valence-corrected chi connectivity index (χ0v) is 9.54. The second kappa shape index (κ2) is 4.37. The molecule has 0 aliphatic carbocycles. The van der Waals surface area contributed by atoms with Crippen LogP contribution < -0.4 is 0 Å². The van der Waals surface area contributed by atoms with Crippen molar-refractivity contribution in [1.82, 2.24) is 14.5 Å². The van der Waals surface area contributed by atoms with Crippen LogP contribution in [0.1, 0.15) is 13.8 Å². The fraction of sp³-hybridized carbons (Fsp3) is 0.333. The van der Waals surface area contributed by atoms with Crippen molar-refractivity contribution in [1.29, 1.82) is 0 Å². The third kappa shape index (κ3) is 1.88. The van der Waals surface area contributed by atoms with Gasteiger partial charge in [0.15, 0.2) is 5.65 Å². The third-order valence-corrected chi connectivity index (χ3v) is 2.13. The second-order valence-corrected chi connectivity index (χ2v) is 3.17. The number of halogens is 1. The molecular weight excluding hydrogens is 230 g/mol. The highest BCUT2D eigenvalue weighted by molar-refractivity contribution is 9.10. The molecular formula is C9H12BrN3. The van der Waals surface area contributed by atoms with Gasteiger partial charge in [-0.1, -0.05) is 13.8 Å². The van der Waals surface area contributed by atoms with Gasteiger partial charge in [0.25, 0.3) is 0 Å². The van der Waals surface area contributed by atoms with Gasteiger partial charge in [0, 0.05) is 25.6 Å². The van der Waals surface area contributed by atoms with Gasteiger partial charge in [-0.3, -0.25) is 4.98 Å². The Morgan fingerprint density at radius 1 is 1.23 bits per heavy atom.